The lowest BCUT2D eigenvalue weighted by Crippen LogP contribution is -2.23. The molecule has 10 heavy (non-hydrogen) atoms. The Kier molecular flexibility index (Phi) is 3.36. The fourth-order valence-electron chi connectivity index (χ4n) is 0.574. The Hall–Kier alpha value is -0.570. The van der Waals surface area contributed by atoms with Gasteiger partial charge < -0.3 is 0 Å². The summed E-state index contributed by atoms with van der Waals surface area (Å²) in [6.45, 7) is 8.48. The van der Waals surface area contributed by atoms with E-state index in [1.807, 2.05) is 0 Å². The van der Waals surface area contributed by atoms with Crippen LogP contribution in [0.15, 0.2) is 25.3 Å². The van der Waals surface area contributed by atoms with Crippen molar-refractivity contribution < 1.29 is 8.42 Å². The van der Waals surface area contributed by atoms with Crippen LogP contribution in [0.5, 0.6) is 0 Å². The summed E-state index contributed by atoms with van der Waals surface area (Å²) in [5, 5.41) is 0. The standard InChI is InChI=1S/C7H11O2S/c1-4-7(5-2,6-3)10(8)9/h4-6,10H,1-2H2,3H3. The Morgan fingerprint density at radius 1 is 1.30 bits per heavy atom. The number of hydrogen-bond acceptors (Lipinski definition) is 2. The molecule has 0 spiro atoms. The molecule has 1 radical (unpaired) electrons. The fraction of sp³-hybridized carbons (Fsp3) is 0.286. The molecule has 0 N–H and O–H groups in total. The van der Waals surface area contributed by atoms with E-state index in [2.05, 4.69) is 13.2 Å². The van der Waals surface area contributed by atoms with Gasteiger partial charge in [0, 0.05) is 0 Å². The van der Waals surface area contributed by atoms with E-state index in [1.165, 1.54) is 12.2 Å². The molecule has 57 valence electrons. The minimum atomic E-state index is -2.54. The molecule has 0 amide bonds. The van der Waals surface area contributed by atoms with E-state index < -0.39 is 15.5 Å². The van der Waals surface area contributed by atoms with Crippen molar-refractivity contribution in [2.45, 2.75) is 11.7 Å². The minimum absolute atomic E-state index is 1.02. The van der Waals surface area contributed by atoms with E-state index in [1.54, 1.807) is 13.3 Å². The molecule has 0 aliphatic heterocycles. The van der Waals surface area contributed by atoms with Gasteiger partial charge in [-0.25, -0.2) is 8.42 Å². The highest BCUT2D eigenvalue weighted by Crippen LogP contribution is 2.15. The van der Waals surface area contributed by atoms with Crippen molar-refractivity contribution in [1.82, 2.24) is 0 Å². The highest BCUT2D eigenvalue weighted by atomic mass is 32.2. The molecule has 0 fully saturated rings. The zero-order valence-corrected chi connectivity index (χ0v) is 6.80. The van der Waals surface area contributed by atoms with Gasteiger partial charge in [-0.15, -0.1) is 13.2 Å². The van der Waals surface area contributed by atoms with E-state index >= 15 is 0 Å². The van der Waals surface area contributed by atoms with Gasteiger partial charge in [0.1, 0.15) is 4.75 Å². The van der Waals surface area contributed by atoms with Crippen LogP contribution in [0.2, 0.25) is 0 Å². The molecule has 0 aromatic heterocycles. The molecule has 0 aromatic rings. The van der Waals surface area contributed by atoms with Crippen molar-refractivity contribution >= 4 is 10.7 Å². The van der Waals surface area contributed by atoms with Gasteiger partial charge >= 0.3 is 0 Å². The van der Waals surface area contributed by atoms with E-state index in [4.69, 9.17) is 0 Å². The van der Waals surface area contributed by atoms with Gasteiger partial charge in [0.15, 0.2) is 10.7 Å². The molecule has 0 aliphatic carbocycles. The van der Waals surface area contributed by atoms with Crippen molar-refractivity contribution in [3.63, 3.8) is 0 Å². The first-order valence-corrected chi connectivity index (χ1v) is 4.03. The number of thiol groups is 1. The van der Waals surface area contributed by atoms with Crippen LogP contribution in [0.1, 0.15) is 6.92 Å². The summed E-state index contributed by atoms with van der Waals surface area (Å²) in [5.41, 5.74) is 0. The van der Waals surface area contributed by atoms with Crippen molar-refractivity contribution in [3.8, 4) is 0 Å². The van der Waals surface area contributed by atoms with Gasteiger partial charge in [-0.3, -0.25) is 0 Å². The summed E-state index contributed by atoms with van der Waals surface area (Å²) in [6, 6.07) is 0. The van der Waals surface area contributed by atoms with Gasteiger partial charge in [-0.05, 0) is 6.42 Å². The van der Waals surface area contributed by atoms with Crippen molar-refractivity contribution in [2.24, 2.45) is 0 Å². The monoisotopic (exact) mass is 159 g/mol. The first-order chi connectivity index (χ1) is 4.63. The summed E-state index contributed by atoms with van der Waals surface area (Å²) in [7, 11) is -2.54. The molecule has 0 unspecified atom stereocenters. The summed E-state index contributed by atoms with van der Waals surface area (Å²) >= 11 is 0. The second-order valence-electron chi connectivity index (χ2n) is 1.84. The van der Waals surface area contributed by atoms with Gasteiger partial charge in [0.2, 0.25) is 0 Å². The van der Waals surface area contributed by atoms with Crippen LogP contribution >= 0.6 is 0 Å². The first-order valence-electron chi connectivity index (χ1n) is 2.85. The maximum Gasteiger partial charge on any atom is 0.153 e. The largest absolute Gasteiger partial charge is 0.231 e. The maximum absolute atomic E-state index is 10.6. The van der Waals surface area contributed by atoms with E-state index in [9.17, 15) is 8.42 Å². The molecule has 0 saturated heterocycles. The van der Waals surface area contributed by atoms with Gasteiger partial charge in [0.25, 0.3) is 0 Å². The lowest BCUT2D eigenvalue weighted by atomic mass is 10.1. The van der Waals surface area contributed by atoms with Crippen LogP contribution in [-0.4, -0.2) is 13.2 Å². The Bertz CT molecular complexity index is 188. The van der Waals surface area contributed by atoms with E-state index in [-0.39, 0.29) is 0 Å². The lowest BCUT2D eigenvalue weighted by molar-refractivity contribution is 0.603. The Morgan fingerprint density at radius 3 is 1.70 bits per heavy atom. The molecule has 0 rings (SSSR count). The highest BCUT2D eigenvalue weighted by Gasteiger charge is 2.23. The molecule has 0 aromatic carbocycles. The first kappa shape index (κ1) is 9.43. The molecule has 3 heteroatoms. The van der Waals surface area contributed by atoms with E-state index in [0.29, 0.717) is 0 Å². The molecule has 0 aliphatic rings. The van der Waals surface area contributed by atoms with Crippen molar-refractivity contribution in [2.75, 3.05) is 0 Å². The smallest absolute Gasteiger partial charge is 0.153 e. The lowest BCUT2D eigenvalue weighted by Gasteiger charge is -2.15. The summed E-state index contributed by atoms with van der Waals surface area (Å²) in [6.07, 6.45) is 4.25. The van der Waals surface area contributed by atoms with Crippen molar-refractivity contribution in [1.29, 1.82) is 0 Å². The van der Waals surface area contributed by atoms with Gasteiger partial charge in [-0.2, -0.15) is 0 Å². The van der Waals surface area contributed by atoms with Crippen LogP contribution < -0.4 is 0 Å². The second-order valence-corrected chi connectivity index (χ2v) is 3.13. The van der Waals surface area contributed by atoms with Crippen LogP contribution in [-0.2, 0) is 10.7 Å². The van der Waals surface area contributed by atoms with Crippen LogP contribution in [0, 0.1) is 6.42 Å². The van der Waals surface area contributed by atoms with Crippen LogP contribution in [0.25, 0.3) is 0 Å². The SMILES string of the molecule is C=CC([CH]C)(C=C)[SH](=O)=O. The minimum Gasteiger partial charge on any atom is -0.231 e. The van der Waals surface area contributed by atoms with Crippen molar-refractivity contribution in [3.05, 3.63) is 31.7 Å². The molecule has 0 heterocycles. The number of hydrogen-bond donors (Lipinski definition) is 1. The summed E-state index contributed by atoms with van der Waals surface area (Å²) in [4.78, 5) is 0. The Labute approximate surface area is 63.2 Å². The van der Waals surface area contributed by atoms with Gasteiger partial charge in [0.05, 0.1) is 0 Å². The average Bonchev–Trinajstić information content (AvgIpc) is 1.92. The highest BCUT2D eigenvalue weighted by molar-refractivity contribution is 7.74. The van der Waals surface area contributed by atoms with Crippen LogP contribution in [0.4, 0.5) is 0 Å². The Morgan fingerprint density at radius 2 is 1.70 bits per heavy atom. The third kappa shape index (κ3) is 1.48. The number of rotatable bonds is 4. The molecular formula is C7H11O2S. The predicted molar refractivity (Wildman–Crippen MR) is 43.4 cm³/mol. The third-order valence-electron chi connectivity index (χ3n) is 1.43. The quantitative estimate of drug-likeness (QED) is 0.489. The predicted octanol–water partition coefficient (Wildman–Crippen LogP) is 0.933. The topological polar surface area (TPSA) is 34.1 Å². The molecule has 0 bridgehead atoms. The van der Waals surface area contributed by atoms with Gasteiger partial charge in [-0.1, -0.05) is 19.1 Å². The molecule has 2 nitrogen and oxygen atoms in total. The summed E-state index contributed by atoms with van der Waals surface area (Å²) in [5.74, 6) is 0. The third-order valence-corrected chi connectivity index (χ3v) is 2.69. The average molecular weight is 159 g/mol. The molecule has 0 atom stereocenters. The zero-order valence-electron chi connectivity index (χ0n) is 5.91. The Balaban J connectivity index is 4.81. The molecular weight excluding hydrogens is 148 g/mol. The van der Waals surface area contributed by atoms with Crippen LogP contribution in [0.3, 0.4) is 0 Å². The zero-order chi connectivity index (χ0) is 8.20. The summed E-state index contributed by atoms with van der Waals surface area (Å²) < 4.78 is 20.1. The van der Waals surface area contributed by atoms with E-state index in [0.717, 1.165) is 0 Å². The maximum atomic E-state index is 10.6. The molecule has 0 saturated carbocycles. The fourth-order valence-corrected chi connectivity index (χ4v) is 1.08. The normalized spacial score (nSPS) is 11.4. The second kappa shape index (κ2) is 3.56.